The number of carbonyl (C=O) groups is 1. The Morgan fingerprint density at radius 2 is 1.88 bits per heavy atom. The minimum absolute atomic E-state index is 0.0531. The van der Waals surface area contributed by atoms with Crippen molar-refractivity contribution in [2.75, 3.05) is 18.6 Å². The molecule has 4 rings (SSSR count). The predicted molar refractivity (Wildman–Crippen MR) is 101 cm³/mol. The van der Waals surface area contributed by atoms with Crippen LogP contribution in [0, 0.1) is 0 Å². The number of carbonyl (C=O) groups excluding carboxylic acids is 1. The molecule has 26 heavy (non-hydrogen) atoms. The average molecular weight is 369 g/mol. The van der Waals surface area contributed by atoms with Crippen molar-refractivity contribution in [2.24, 2.45) is 0 Å². The molecule has 1 aliphatic rings. The Kier molecular flexibility index (Phi) is 4.03. The van der Waals surface area contributed by atoms with Gasteiger partial charge >= 0.3 is 0 Å². The van der Waals surface area contributed by atoms with Crippen molar-refractivity contribution in [3.63, 3.8) is 0 Å². The molecule has 1 unspecified atom stereocenters. The van der Waals surface area contributed by atoms with Gasteiger partial charge in [0.1, 0.15) is 0 Å². The van der Waals surface area contributed by atoms with E-state index in [0.717, 1.165) is 22.0 Å². The van der Waals surface area contributed by atoms with Crippen LogP contribution in [-0.4, -0.2) is 54.0 Å². The van der Waals surface area contributed by atoms with Gasteiger partial charge in [-0.25, -0.2) is 8.42 Å². The monoisotopic (exact) mass is 369 g/mol. The van der Waals surface area contributed by atoms with E-state index in [0.29, 0.717) is 12.0 Å². The lowest BCUT2D eigenvalue weighted by Gasteiger charge is -2.23. The normalized spacial score (nSPS) is 18.9. The Morgan fingerprint density at radius 3 is 2.58 bits per heavy atom. The zero-order valence-electron chi connectivity index (χ0n) is 14.3. The van der Waals surface area contributed by atoms with Crippen LogP contribution >= 0.6 is 0 Å². The van der Waals surface area contributed by atoms with Gasteiger partial charge in [0.05, 0.1) is 23.2 Å². The first kappa shape index (κ1) is 16.8. The van der Waals surface area contributed by atoms with E-state index >= 15 is 0 Å². The van der Waals surface area contributed by atoms with E-state index in [9.17, 15) is 13.2 Å². The van der Waals surface area contributed by atoms with E-state index in [1.165, 1.54) is 0 Å². The molecule has 1 amide bonds. The Balaban J connectivity index is 1.54. The van der Waals surface area contributed by atoms with Gasteiger partial charge in [-0.2, -0.15) is 5.10 Å². The second-order valence-electron chi connectivity index (χ2n) is 6.72. The lowest BCUT2D eigenvalue weighted by Crippen LogP contribution is -2.37. The van der Waals surface area contributed by atoms with Crippen molar-refractivity contribution in [3.8, 4) is 11.1 Å². The van der Waals surface area contributed by atoms with Gasteiger partial charge in [-0.3, -0.25) is 9.89 Å². The maximum atomic E-state index is 12.6. The first-order valence-electron chi connectivity index (χ1n) is 8.44. The molecule has 6 nitrogen and oxygen atoms in total. The lowest BCUT2D eigenvalue weighted by molar-refractivity contribution is 0.0747. The molecule has 1 fully saturated rings. The van der Waals surface area contributed by atoms with Gasteiger partial charge in [0, 0.05) is 24.0 Å². The fourth-order valence-electron chi connectivity index (χ4n) is 3.37. The van der Waals surface area contributed by atoms with Crippen LogP contribution in [0.25, 0.3) is 22.0 Å². The van der Waals surface area contributed by atoms with Crippen molar-refractivity contribution < 1.29 is 13.2 Å². The van der Waals surface area contributed by atoms with Crippen molar-refractivity contribution in [1.82, 2.24) is 15.1 Å². The summed E-state index contributed by atoms with van der Waals surface area (Å²) in [6, 6.07) is 13.2. The number of fused-ring (bicyclic) bond motifs is 1. The highest BCUT2D eigenvalue weighted by molar-refractivity contribution is 7.91. The molecule has 0 radical (unpaired) electrons. The number of nitrogens with one attached hydrogen (secondary N) is 1. The van der Waals surface area contributed by atoms with Crippen LogP contribution in [0.15, 0.2) is 48.7 Å². The maximum Gasteiger partial charge on any atom is 0.253 e. The van der Waals surface area contributed by atoms with Crippen LogP contribution in [0.4, 0.5) is 0 Å². The SMILES string of the molecule is CN(C(=O)c1ccc(-c2ccc3cn[nH]c3c2)cc1)C1CCS(=O)(=O)C1. The molecule has 0 saturated carbocycles. The number of aromatic nitrogens is 2. The molecule has 1 aromatic heterocycles. The second-order valence-corrected chi connectivity index (χ2v) is 8.95. The quantitative estimate of drug-likeness (QED) is 0.769. The summed E-state index contributed by atoms with van der Waals surface area (Å²) in [4.78, 5) is 14.2. The summed E-state index contributed by atoms with van der Waals surface area (Å²) < 4.78 is 23.3. The maximum absolute atomic E-state index is 12.6. The third-order valence-electron chi connectivity index (χ3n) is 4.98. The Hall–Kier alpha value is -2.67. The fraction of sp³-hybridized carbons (Fsp3) is 0.263. The summed E-state index contributed by atoms with van der Waals surface area (Å²) in [6.07, 6.45) is 2.28. The summed E-state index contributed by atoms with van der Waals surface area (Å²) >= 11 is 0. The molecule has 1 aliphatic heterocycles. The van der Waals surface area contributed by atoms with E-state index in [1.807, 2.05) is 30.3 Å². The number of aromatic amines is 1. The Morgan fingerprint density at radius 1 is 1.15 bits per heavy atom. The number of hydrogen-bond donors (Lipinski definition) is 1. The van der Waals surface area contributed by atoms with Gasteiger partial charge in [-0.05, 0) is 35.7 Å². The predicted octanol–water partition coefficient (Wildman–Crippen LogP) is 2.49. The van der Waals surface area contributed by atoms with Crippen LogP contribution in [-0.2, 0) is 9.84 Å². The van der Waals surface area contributed by atoms with E-state index < -0.39 is 9.84 Å². The number of amides is 1. The van der Waals surface area contributed by atoms with Crippen LogP contribution in [0.1, 0.15) is 16.8 Å². The standard InChI is InChI=1S/C19H19N3O3S/c1-22(17-8-9-26(24,25)12-17)19(23)14-4-2-13(3-5-14)15-6-7-16-11-20-21-18(16)10-15/h2-7,10-11,17H,8-9,12H2,1H3,(H,20,21). The molecule has 1 saturated heterocycles. The van der Waals surface area contributed by atoms with Crippen LogP contribution in [0.3, 0.4) is 0 Å². The fourth-order valence-corrected chi connectivity index (χ4v) is 5.15. The molecule has 1 atom stereocenters. The summed E-state index contributed by atoms with van der Waals surface area (Å²) in [5.74, 6) is 0.0598. The van der Waals surface area contributed by atoms with E-state index in [4.69, 9.17) is 0 Å². The highest BCUT2D eigenvalue weighted by Gasteiger charge is 2.32. The van der Waals surface area contributed by atoms with Gasteiger partial charge in [-0.1, -0.05) is 24.3 Å². The van der Waals surface area contributed by atoms with Crippen LogP contribution < -0.4 is 0 Å². The molecule has 134 valence electrons. The number of sulfone groups is 1. The third kappa shape index (κ3) is 3.10. The smallest absolute Gasteiger partial charge is 0.253 e. The van der Waals surface area contributed by atoms with Gasteiger partial charge < -0.3 is 4.90 Å². The minimum Gasteiger partial charge on any atom is -0.338 e. The molecular weight excluding hydrogens is 350 g/mol. The molecular formula is C19H19N3O3S. The van der Waals surface area contributed by atoms with Crippen molar-refractivity contribution in [1.29, 1.82) is 0 Å². The summed E-state index contributed by atoms with van der Waals surface area (Å²) in [5.41, 5.74) is 3.56. The Labute approximate surface area is 151 Å². The molecule has 7 heteroatoms. The number of hydrogen-bond acceptors (Lipinski definition) is 4. The van der Waals surface area contributed by atoms with Crippen molar-refractivity contribution in [2.45, 2.75) is 12.5 Å². The first-order valence-corrected chi connectivity index (χ1v) is 10.3. The minimum atomic E-state index is -3.01. The summed E-state index contributed by atoms with van der Waals surface area (Å²) in [7, 11) is -1.34. The molecule has 2 aromatic carbocycles. The Bertz CT molecular complexity index is 1070. The van der Waals surface area contributed by atoms with Crippen molar-refractivity contribution >= 4 is 26.6 Å². The molecule has 1 N–H and O–H groups in total. The largest absolute Gasteiger partial charge is 0.338 e. The van der Waals surface area contributed by atoms with Crippen molar-refractivity contribution in [3.05, 3.63) is 54.2 Å². The van der Waals surface area contributed by atoms with Gasteiger partial charge in [-0.15, -0.1) is 0 Å². The zero-order chi connectivity index (χ0) is 18.3. The molecule has 0 aliphatic carbocycles. The van der Waals surface area contributed by atoms with Gasteiger partial charge in [0.2, 0.25) is 0 Å². The number of rotatable bonds is 3. The topological polar surface area (TPSA) is 83.1 Å². The molecule has 3 aromatic rings. The van der Waals surface area contributed by atoms with Crippen LogP contribution in [0.2, 0.25) is 0 Å². The molecule has 0 spiro atoms. The molecule has 0 bridgehead atoms. The number of H-pyrrole nitrogens is 1. The first-order chi connectivity index (χ1) is 12.4. The highest BCUT2D eigenvalue weighted by atomic mass is 32.2. The van der Waals surface area contributed by atoms with E-state index in [-0.39, 0.29) is 23.5 Å². The van der Waals surface area contributed by atoms with Gasteiger partial charge in [0.25, 0.3) is 5.91 Å². The highest BCUT2D eigenvalue weighted by Crippen LogP contribution is 2.24. The average Bonchev–Trinajstić information content (AvgIpc) is 3.25. The zero-order valence-corrected chi connectivity index (χ0v) is 15.2. The van der Waals surface area contributed by atoms with E-state index in [1.54, 1.807) is 30.3 Å². The summed E-state index contributed by atoms with van der Waals surface area (Å²) in [6.45, 7) is 0. The van der Waals surface area contributed by atoms with Gasteiger partial charge in [0.15, 0.2) is 9.84 Å². The number of nitrogens with zero attached hydrogens (tertiary/aromatic N) is 2. The van der Waals surface area contributed by atoms with Crippen LogP contribution in [0.5, 0.6) is 0 Å². The van der Waals surface area contributed by atoms with E-state index in [2.05, 4.69) is 10.2 Å². The third-order valence-corrected chi connectivity index (χ3v) is 6.73. The molecule has 2 heterocycles. The number of benzene rings is 2. The lowest BCUT2D eigenvalue weighted by atomic mass is 10.0. The second kappa shape index (κ2) is 6.25. The summed E-state index contributed by atoms with van der Waals surface area (Å²) in [5, 5.41) is 8.02.